The lowest BCUT2D eigenvalue weighted by atomic mass is 9.84. The standard InChI is InChI=1S/C18H22N4O/c1-21-16(14-4-8-19-9-5-14)2-3-17(21)18(23)20-15-12-22-10-6-13(15)7-11-22/h2-5,8-9,13,15H,6-7,10-12H2,1H3,(H,20,23)/t15-/m0/s1. The molecular weight excluding hydrogens is 288 g/mol. The topological polar surface area (TPSA) is 50.2 Å². The molecule has 3 saturated heterocycles. The SMILES string of the molecule is Cn1c(C(=O)N[C@H]2CN3CCC2CC3)ccc1-c1ccncc1. The van der Waals surface area contributed by atoms with Crippen molar-refractivity contribution in [2.75, 3.05) is 19.6 Å². The van der Waals surface area contributed by atoms with E-state index in [1.54, 1.807) is 12.4 Å². The number of hydrogen-bond acceptors (Lipinski definition) is 3. The predicted octanol–water partition coefficient (Wildman–Crippen LogP) is 1.91. The summed E-state index contributed by atoms with van der Waals surface area (Å²) in [4.78, 5) is 19.2. The second kappa shape index (κ2) is 5.81. The van der Waals surface area contributed by atoms with Gasteiger partial charge in [-0.1, -0.05) is 0 Å². The van der Waals surface area contributed by atoms with E-state index in [9.17, 15) is 4.79 Å². The zero-order valence-electron chi connectivity index (χ0n) is 13.4. The zero-order valence-corrected chi connectivity index (χ0v) is 13.4. The normalized spacial score (nSPS) is 26.2. The summed E-state index contributed by atoms with van der Waals surface area (Å²) < 4.78 is 1.96. The smallest absolute Gasteiger partial charge is 0.268 e. The van der Waals surface area contributed by atoms with Crippen molar-refractivity contribution in [2.45, 2.75) is 18.9 Å². The van der Waals surface area contributed by atoms with Crippen molar-refractivity contribution in [1.82, 2.24) is 19.8 Å². The minimum absolute atomic E-state index is 0.0338. The van der Waals surface area contributed by atoms with Gasteiger partial charge in [-0.2, -0.15) is 0 Å². The highest BCUT2D eigenvalue weighted by Gasteiger charge is 2.35. The van der Waals surface area contributed by atoms with Crippen LogP contribution in [0.1, 0.15) is 23.3 Å². The fourth-order valence-corrected chi connectivity index (χ4v) is 3.92. The average molecular weight is 310 g/mol. The molecule has 3 aliphatic rings. The number of carbonyl (C=O) groups excluding carboxylic acids is 1. The highest BCUT2D eigenvalue weighted by molar-refractivity contribution is 5.94. The maximum absolute atomic E-state index is 12.7. The summed E-state index contributed by atoms with van der Waals surface area (Å²) in [5.74, 6) is 0.676. The van der Waals surface area contributed by atoms with E-state index in [0.717, 1.165) is 17.8 Å². The van der Waals surface area contributed by atoms with E-state index in [-0.39, 0.29) is 5.91 Å². The number of fused-ring (bicyclic) bond motifs is 3. The fourth-order valence-electron chi connectivity index (χ4n) is 3.92. The van der Waals surface area contributed by atoms with Gasteiger partial charge in [-0.25, -0.2) is 0 Å². The minimum Gasteiger partial charge on any atom is -0.346 e. The van der Waals surface area contributed by atoms with Gasteiger partial charge in [0, 0.05) is 43.3 Å². The van der Waals surface area contributed by atoms with E-state index < -0.39 is 0 Å². The van der Waals surface area contributed by atoms with Gasteiger partial charge in [0.05, 0.1) is 0 Å². The molecule has 3 aliphatic heterocycles. The van der Waals surface area contributed by atoms with Crippen LogP contribution in [0, 0.1) is 5.92 Å². The van der Waals surface area contributed by atoms with Gasteiger partial charge in [0.15, 0.2) is 0 Å². The van der Waals surface area contributed by atoms with Gasteiger partial charge in [0.2, 0.25) is 0 Å². The van der Waals surface area contributed by atoms with Crippen LogP contribution in [-0.4, -0.2) is 46.0 Å². The molecule has 0 aromatic carbocycles. The molecule has 1 amide bonds. The van der Waals surface area contributed by atoms with E-state index in [1.807, 2.05) is 35.9 Å². The average Bonchev–Trinajstić information content (AvgIpc) is 2.98. The summed E-state index contributed by atoms with van der Waals surface area (Å²) in [5.41, 5.74) is 2.82. The fraction of sp³-hybridized carbons (Fsp3) is 0.444. The molecule has 0 spiro atoms. The zero-order chi connectivity index (χ0) is 15.8. The maximum atomic E-state index is 12.7. The third-order valence-electron chi connectivity index (χ3n) is 5.30. The molecule has 0 aliphatic carbocycles. The molecule has 5 rings (SSSR count). The lowest BCUT2D eigenvalue weighted by Gasteiger charge is -2.44. The molecule has 5 nitrogen and oxygen atoms in total. The van der Waals surface area contributed by atoms with Crippen LogP contribution < -0.4 is 5.32 Å². The number of nitrogens with zero attached hydrogens (tertiary/aromatic N) is 3. The van der Waals surface area contributed by atoms with Crippen molar-refractivity contribution >= 4 is 5.91 Å². The van der Waals surface area contributed by atoms with Crippen molar-refractivity contribution in [1.29, 1.82) is 0 Å². The molecule has 0 unspecified atom stereocenters. The number of pyridine rings is 1. The van der Waals surface area contributed by atoms with Crippen molar-refractivity contribution in [2.24, 2.45) is 13.0 Å². The Morgan fingerprint density at radius 1 is 1.17 bits per heavy atom. The predicted molar refractivity (Wildman–Crippen MR) is 89.1 cm³/mol. The van der Waals surface area contributed by atoms with Gasteiger partial charge >= 0.3 is 0 Å². The molecule has 23 heavy (non-hydrogen) atoms. The third kappa shape index (κ3) is 2.65. The molecule has 120 valence electrons. The van der Waals surface area contributed by atoms with Crippen molar-refractivity contribution in [3.63, 3.8) is 0 Å². The van der Waals surface area contributed by atoms with E-state index >= 15 is 0 Å². The second-order valence-electron chi connectivity index (χ2n) is 6.62. The van der Waals surface area contributed by atoms with E-state index in [0.29, 0.717) is 17.7 Å². The highest BCUT2D eigenvalue weighted by atomic mass is 16.2. The monoisotopic (exact) mass is 310 g/mol. The quantitative estimate of drug-likeness (QED) is 0.942. The molecule has 1 atom stereocenters. The van der Waals surface area contributed by atoms with Crippen LogP contribution in [-0.2, 0) is 7.05 Å². The molecule has 2 bridgehead atoms. The molecule has 2 aromatic rings. The number of hydrogen-bond donors (Lipinski definition) is 1. The number of piperidine rings is 3. The van der Waals surface area contributed by atoms with Crippen LogP contribution in [0.2, 0.25) is 0 Å². The van der Waals surface area contributed by atoms with Crippen LogP contribution in [0.3, 0.4) is 0 Å². The molecule has 2 aromatic heterocycles. The minimum atomic E-state index is 0.0338. The summed E-state index contributed by atoms with van der Waals surface area (Å²) in [6, 6.07) is 8.13. The lowest BCUT2D eigenvalue weighted by Crippen LogP contribution is -2.57. The first-order valence-corrected chi connectivity index (χ1v) is 8.32. The molecule has 0 saturated carbocycles. The van der Waals surface area contributed by atoms with E-state index in [4.69, 9.17) is 0 Å². The first-order valence-electron chi connectivity index (χ1n) is 8.32. The van der Waals surface area contributed by atoms with Gasteiger partial charge in [-0.3, -0.25) is 9.78 Å². The molecule has 1 N–H and O–H groups in total. The Hall–Kier alpha value is -2.14. The number of rotatable bonds is 3. The lowest BCUT2D eigenvalue weighted by molar-refractivity contribution is 0.0616. The van der Waals surface area contributed by atoms with E-state index in [2.05, 4.69) is 15.2 Å². The van der Waals surface area contributed by atoms with Crippen LogP contribution in [0.4, 0.5) is 0 Å². The summed E-state index contributed by atoms with van der Waals surface area (Å²) in [6.07, 6.45) is 5.96. The van der Waals surface area contributed by atoms with Gasteiger partial charge in [-0.05, 0) is 56.1 Å². The maximum Gasteiger partial charge on any atom is 0.268 e. The largest absolute Gasteiger partial charge is 0.346 e. The van der Waals surface area contributed by atoms with Gasteiger partial charge in [0.1, 0.15) is 5.69 Å². The first-order chi connectivity index (χ1) is 11.2. The summed E-state index contributed by atoms with van der Waals surface area (Å²) >= 11 is 0. The number of carbonyl (C=O) groups is 1. The molecule has 5 heterocycles. The second-order valence-corrected chi connectivity index (χ2v) is 6.62. The first kappa shape index (κ1) is 14.5. The Bertz CT molecular complexity index is 701. The number of amides is 1. The molecular formula is C18H22N4O. The Morgan fingerprint density at radius 2 is 1.91 bits per heavy atom. The van der Waals surface area contributed by atoms with Crippen molar-refractivity contribution in [3.05, 3.63) is 42.4 Å². The summed E-state index contributed by atoms with van der Waals surface area (Å²) in [6.45, 7) is 3.37. The number of nitrogens with one attached hydrogen (secondary N) is 1. The van der Waals surface area contributed by atoms with Crippen LogP contribution >= 0.6 is 0 Å². The van der Waals surface area contributed by atoms with Crippen molar-refractivity contribution in [3.8, 4) is 11.3 Å². The van der Waals surface area contributed by atoms with Crippen LogP contribution in [0.25, 0.3) is 11.3 Å². The van der Waals surface area contributed by atoms with Crippen molar-refractivity contribution < 1.29 is 4.79 Å². The molecule has 5 heteroatoms. The highest BCUT2D eigenvalue weighted by Crippen LogP contribution is 2.28. The molecule has 0 radical (unpaired) electrons. The Morgan fingerprint density at radius 3 is 2.57 bits per heavy atom. The van der Waals surface area contributed by atoms with Gasteiger partial charge < -0.3 is 14.8 Å². The Kier molecular flexibility index (Phi) is 3.65. The van der Waals surface area contributed by atoms with E-state index in [1.165, 1.54) is 25.9 Å². The Labute approximate surface area is 136 Å². The van der Waals surface area contributed by atoms with Gasteiger partial charge in [0.25, 0.3) is 5.91 Å². The van der Waals surface area contributed by atoms with Crippen LogP contribution in [0.5, 0.6) is 0 Å². The number of aromatic nitrogens is 2. The summed E-state index contributed by atoms with van der Waals surface area (Å²) in [5, 5.41) is 3.26. The molecule has 3 fully saturated rings. The summed E-state index contributed by atoms with van der Waals surface area (Å²) in [7, 11) is 1.95. The Balaban J connectivity index is 1.52. The van der Waals surface area contributed by atoms with Gasteiger partial charge in [-0.15, -0.1) is 0 Å². The third-order valence-corrected chi connectivity index (χ3v) is 5.30. The van der Waals surface area contributed by atoms with Crippen LogP contribution in [0.15, 0.2) is 36.7 Å².